The summed E-state index contributed by atoms with van der Waals surface area (Å²) in [5, 5.41) is 7.51. The molecule has 0 radical (unpaired) electrons. The maximum atomic E-state index is 4.71. The Morgan fingerprint density at radius 3 is 1.51 bits per heavy atom. The minimum atomic E-state index is -0.264. The normalized spacial score (nSPS) is 24.5. The Morgan fingerprint density at radius 1 is 0.370 bits per heavy atom. The molecule has 5 atom stereocenters. The van der Waals surface area contributed by atoms with E-state index >= 15 is 0 Å². The van der Waals surface area contributed by atoms with E-state index in [-0.39, 0.29) is 27.1 Å². The van der Waals surface area contributed by atoms with Crippen molar-refractivity contribution in [2.24, 2.45) is 21.7 Å². The topological polar surface area (TPSA) is 4.93 Å². The van der Waals surface area contributed by atoms with Crippen LogP contribution in [0.4, 0.5) is 0 Å². The zero-order chi connectivity index (χ0) is 48.3. The van der Waals surface area contributed by atoms with Gasteiger partial charge in [-0.05, 0) is 156 Å². The van der Waals surface area contributed by atoms with Crippen LogP contribution < -0.4 is 0 Å². The van der Waals surface area contributed by atoms with Gasteiger partial charge in [-0.2, -0.15) is 0 Å². The Labute approximate surface area is 426 Å². The van der Waals surface area contributed by atoms with Crippen molar-refractivity contribution >= 4 is 43.4 Å². The molecule has 5 aliphatic rings. The lowest BCUT2D eigenvalue weighted by molar-refractivity contribution is 0.279. The average Bonchev–Trinajstić information content (AvgIpc) is 3.21. The summed E-state index contributed by atoms with van der Waals surface area (Å²) in [5.74, 6) is 0. The lowest BCUT2D eigenvalue weighted by Crippen LogP contribution is -2.42. The quantitative estimate of drug-likeness (QED) is 0.111. The Morgan fingerprint density at radius 2 is 0.863 bits per heavy atom. The first-order valence-electron chi connectivity index (χ1n) is 26.1. The number of aromatic nitrogens is 1. The highest BCUT2D eigenvalue weighted by molar-refractivity contribution is 6.22. The first-order valence-corrected chi connectivity index (χ1v) is 26.1. The number of nitrogens with zero attached hydrogens (tertiary/aromatic N) is 1. The minimum absolute atomic E-state index is 0.0235. The lowest BCUT2D eigenvalue weighted by Gasteiger charge is -2.44. The molecule has 0 bridgehead atoms. The summed E-state index contributed by atoms with van der Waals surface area (Å²) in [4.78, 5) is 0. The maximum absolute atomic E-state index is 4.71. The average molecular weight is 930 g/mol. The van der Waals surface area contributed by atoms with Gasteiger partial charge in [-0.25, -0.2) is 0 Å². The SMILES string of the molecule is C=CC12CC1(C=C)C1(c3ccccc3-c3ccc(-c4ccc5c(c4)c4cc(-c6ccc7c(-c8ccccc8)c8ccccc8c(-c8ccccc8)c7c6)ccc4n5-c4ccccc4)cc31)C13C=CCC=CC21C3. The first-order chi connectivity index (χ1) is 36.0. The van der Waals surface area contributed by atoms with Crippen molar-refractivity contribution in [3.63, 3.8) is 0 Å². The van der Waals surface area contributed by atoms with Gasteiger partial charge < -0.3 is 4.57 Å². The number of para-hydroxylation sites is 1. The molecule has 73 heavy (non-hydrogen) atoms. The van der Waals surface area contributed by atoms with Crippen LogP contribution in [-0.2, 0) is 5.41 Å². The highest BCUT2D eigenvalue weighted by Crippen LogP contribution is 3.04. The van der Waals surface area contributed by atoms with Crippen molar-refractivity contribution in [1.29, 1.82) is 0 Å². The van der Waals surface area contributed by atoms with Crippen molar-refractivity contribution < 1.29 is 0 Å². The maximum Gasteiger partial charge on any atom is 0.0541 e. The van der Waals surface area contributed by atoms with Gasteiger partial charge in [0.1, 0.15) is 0 Å². The molecule has 0 aliphatic heterocycles. The third-order valence-electron chi connectivity index (χ3n) is 19.0. The second-order valence-electron chi connectivity index (χ2n) is 21.7. The number of hydrogen-bond acceptors (Lipinski definition) is 0. The van der Waals surface area contributed by atoms with Crippen LogP contribution in [0.1, 0.15) is 30.4 Å². The van der Waals surface area contributed by atoms with Crippen LogP contribution in [0.3, 0.4) is 0 Å². The third-order valence-corrected chi connectivity index (χ3v) is 19.0. The van der Waals surface area contributed by atoms with Crippen molar-refractivity contribution in [3.05, 3.63) is 273 Å². The molecule has 0 saturated heterocycles. The fourth-order valence-corrected chi connectivity index (χ4v) is 16.2. The fraction of sp³-hybridized carbons (Fsp3) is 0.111. The summed E-state index contributed by atoms with van der Waals surface area (Å²) in [6, 6.07) is 79.9. The van der Waals surface area contributed by atoms with E-state index < -0.39 is 0 Å². The lowest BCUT2D eigenvalue weighted by atomic mass is 9.57. The summed E-state index contributed by atoms with van der Waals surface area (Å²) < 4.78 is 2.45. The standard InChI is InChI=1S/C72H51N/c1-3-68-45-69(68,4-2)72(71-40-20-8-19-39-70(68,71)46-71)62-30-18-17-27-54(62)55-35-31-52(44-63(55)72)51-34-38-65-60(42-51)59-41-50(33-37-64(59)73(65)53-25-13-7-14-26-53)49-32-36-58-61(43-49)67(48-23-11-6-12-24-48)57-29-16-15-28-56(57)66(58)47-21-9-5-10-22-47/h3-7,9-44H,1-2,8,45-46H2. The van der Waals surface area contributed by atoms with Gasteiger partial charge in [0.2, 0.25) is 0 Å². The van der Waals surface area contributed by atoms with Gasteiger partial charge in [0.25, 0.3) is 0 Å². The zero-order valence-electron chi connectivity index (χ0n) is 40.7. The highest BCUT2D eigenvalue weighted by Gasteiger charge is 3.00. The van der Waals surface area contributed by atoms with E-state index in [1.54, 1.807) is 0 Å². The van der Waals surface area contributed by atoms with E-state index in [0.717, 1.165) is 24.9 Å². The third kappa shape index (κ3) is 4.85. The van der Waals surface area contributed by atoms with Gasteiger partial charge in [-0.3, -0.25) is 0 Å². The van der Waals surface area contributed by atoms with E-state index in [1.807, 2.05) is 0 Å². The predicted molar refractivity (Wildman–Crippen MR) is 306 cm³/mol. The van der Waals surface area contributed by atoms with Crippen LogP contribution in [0.15, 0.2) is 262 Å². The molecule has 10 aromatic carbocycles. The summed E-state index contributed by atoms with van der Waals surface area (Å²) in [7, 11) is 0. The van der Waals surface area contributed by atoms with E-state index in [1.165, 1.54) is 110 Å². The molecule has 344 valence electrons. The second-order valence-corrected chi connectivity index (χ2v) is 21.7. The van der Waals surface area contributed by atoms with Crippen LogP contribution in [0.25, 0.3) is 105 Å². The van der Waals surface area contributed by atoms with Crippen molar-refractivity contribution in [3.8, 4) is 61.3 Å². The number of allylic oxidation sites excluding steroid dienone is 6. The number of rotatable bonds is 7. The monoisotopic (exact) mass is 929 g/mol. The molecule has 3 fully saturated rings. The van der Waals surface area contributed by atoms with Crippen LogP contribution in [0, 0.1) is 21.7 Å². The molecule has 0 N–H and O–H groups in total. The van der Waals surface area contributed by atoms with Gasteiger partial charge in [0, 0.05) is 43.5 Å². The summed E-state index contributed by atoms with van der Waals surface area (Å²) in [6.45, 7) is 9.33. The summed E-state index contributed by atoms with van der Waals surface area (Å²) >= 11 is 0. The van der Waals surface area contributed by atoms with Gasteiger partial charge in [-0.1, -0.05) is 200 Å². The van der Waals surface area contributed by atoms with Gasteiger partial charge in [0.05, 0.1) is 11.0 Å². The molecule has 1 nitrogen and oxygen atoms in total. The number of benzene rings is 10. The molecule has 16 rings (SSSR count). The van der Waals surface area contributed by atoms with Crippen LogP contribution in [0.2, 0.25) is 0 Å². The molecule has 0 amide bonds. The molecular weight excluding hydrogens is 879 g/mol. The van der Waals surface area contributed by atoms with Gasteiger partial charge >= 0.3 is 0 Å². The summed E-state index contributed by atoms with van der Waals surface area (Å²) in [6.07, 6.45) is 18.0. The van der Waals surface area contributed by atoms with Crippen LogP contribution >= 0.6 is 0 Å². The largest absolute Gasteiger partial charge is 0.309 e. The molecule has 1 heteroatoms. The Balaban J connectivity index is 0.912. The molecule has 1 heterocycles. The molecule has 1 spiro atoms. The zero-order valence-corrected chi connectivity index (χ0v) is 40.7. The first kappa shape index (κ1) is 41.1. The van der Waals surface area contributed by atoms with E-state index in [9.17, 15) is 0 Å². The Bertz CT molecular complexity index is 4290. The molecular formula is C72H51N. The van der Waals surface area contributed by atoms with Crippen molar-refractivity contribution in [2.45, 2.75) is 24.7 Å². The molecule has 11 aromatic rings. The van der Waals surface area contributed by atoms with Crippen molar-refractivity contribution in [2.75, 3.05) is 0 Å². The summed E-state index contributed by atoms with van der Waals surface area (Å²) in [5.41, 5.74) is 18.6. The van der Waals surface area contributed by atoms with E-state index in [0.29, 0.717) is 0 Å². The number of hydrogen-bond donors (Lipinski definition) is 0. The minimum Gasteiger partial charge on any atom is -0.309 e. The number of fused-ring (bicyclic) bond motifs is 12. The van der Waals surface area contributed by atoms with Crippen LogP contribution in [0.5, 0.6) is 0 Å². The highest BCUT2D eigenvalue weighted by atomic mass is 15.0. The fourth-order valence-electron chi connectivity index (χ4n) is 16.2. The second kappa shape index (κ2) is 14.3. The van der Waals surface area contributed by atoms with Gasteiger partial charge in [0.15, 0.2) is 0 Å². The van der Waals surface area contributed by atoms with Crippen molar-refractivity contribution in [1.82, 2.24) is 4.57 Å². The van der Waals surface area contributed by atoms with Crippen LogP contribution in [-0.4, -0.2) is 4.57 Å². The predicted octanol–water partition coefficient (Wildman–Crippen LogP) is 18.7. The van der Waals surface area contributed by atoms with E-state index in [2.05, 4.69) is 260 Å². The molecule has 5 aliphatic carbocycles. The molecule has 5 unspecified atom stereocenters. The van der Waals surface area contributed by atoms with Gasteiger partial charge in [-0.15, -0.1) is 13.2 Å². The molecule has 3 saturated carbocycles. The Kier molecular flexibility index (Phi) is 8.08. The Hall–Kier alpha value is -8.52. The smallest absolute Gasteiger partial charge is 0.0541 e. The molecule has 1 aromatic heterocycles. The van der Waals surface area contributed by atoms with E-state index in [4.69, 9.17) is 6.58 Å².